The Morgan fingerprint density at radius 2 is 2.05 bits per heavy atom. The van der Waals surface area contributed by atoms with E-state index in [-0.39, 0.29) is 12.7 Å². The van der Waals surface area contributed by atoms with Gasteiger partial charge in [0.15, 0.2) is 0 Å². The van der Waals surface area contributed by atoms with Crippen LogP contribution in [0, 0.1) is 0 Å². The predicted octanol–water partition coefficient (Wildman–Crippen LogP) is 2.56. The van der Waals surface area contributed by atoms with Crippen molar-refractivity contribution in [3.8, 4) is 0 Å². The van der Waals surface area contributed by atoms with Gasteiger partial charge in [0.25, 0.3) is 0 Å². The van der Waals surface area contributed by atoms with E-state index in [1.165, 1.54) is 0 Å². The van der Waals surface area contributed by atoms with E-state index in [0.29, 0.717) is 13.1 Å². The summed E-state index contributed by atoms with van der Waals surface area (Å²) in [7, 11) is 0. The molecule has 0 radical (unpaired) electrons. The number of hydrogen-bond donors (Lipinski definition) is 1. The quantitative estimate of drug-likeness (QED) is 0.888. The van der Waals surface area contributed by atoms with E-state index in [4.69, 9.17) is 4.74 Å². The lowest BCUT2D eigenvalue weighted by atomic mass is 9.80. The van der Waals surface area contributed by atoms with E-state index < -0.39 is 5.60 Å². The Balaban J connectivity index is 1.83. The average molecular weight is 263 g/mol. The Labute approximate surface area is 114 Å². The molecule has 0 spiro atoms. The predicted molar refractivity (Wildman–Crippen MR) is 72.7 cm³/mol. The molecule has 1 N–H and O–H groups in total. The highest BCUT2D eigenvalue weighted by Crippen LogP contribution is 2.32. The van der Waals surface area contributed by atoms with Crippen molar-refractivity contribution in [3.05, 3.63) is 35.9 Å². The molecule has 1 aromatic rings. The van der Waals surface area contributed by atoms with Gasteiger partial charge >= 0.3 is 6.09 Å². The van der Waals surface area contributed by atoms with Crippen molar-refractivity contribution < 1.29 is 14.6 Å². The van der Waals surface area contributed by atoms with Crippen LogP contribution in [0.2, 0.25) is 0 Å². The fourth-order valence-electron chi connectivity index (χ4n) is 2.21. The van der Waals surface area contributed by atoms with Crippen molar-refractivity contribution in [3.63, 3.8) is 0 Å². The Morgan fingerprint density at radius 3 is 2.58 bits per heavy atom. The Bertz CT molecular complexity index is 415. The second-order valence-electron chi connectivity index (χ2n) is 5.13. The molecule has 1 saturated carbocycles. The van der Waals surface area contributed by atoms with Gasteiger partial charge in [-0.2, -0.15) is 0 Å². The molecule has 1 fully saturated rings. The summed E-state index contributed by atoms with van der Waals surface area (Å²) in [5.74, 6) is 0. The highest BCUT2D eigenvalue weighted by molar-refractivity contribution is 5.67. The van der Waals surface area contributed by atoms with E-state index >= 15 is 0 Å². The van der Waals surface area contributed by atoms with Crippen LogP contribution in [0.25, 0.3) is 0 Å². The standard InChI is InChI=1S/C15H21NO3/c1-2-16(12-15(18)9-6-10-15)14(17)19-11-13-7-4-3-5-8-13/h3-5,7-8,18H,2,6,9-12H2,1H3. The van der Waals surface area contributed by atoms with Crippen LogP contribution < -0.4 is 0 Å². The normalized spacial score (nSPS) is 16.5. The summed E-state index contributed by atoms with van der Waals surface area (Å²) in [6.07, 6.45) is 2.23. The second-order valence-corrected chi connectivity index (χ2v) is 5.13. The Hall–Kier alpha value is -1.55. The van der Waals surface area contributed by atoms with Crippen LogP contribution >= 0.6 is 0 Å². The maximum atomic E-state index is 12.0. The first-order valence-electron chi connectivity index (χ1n) is 6.81. The van der Waals surface area contributed by atoms with Gasteiger partial charge in [0, 0.05) is 6.54 Å². The molecule has 1 aliphatic rings. The van der Waals surface area contributed by atoms with Crippen LogP contribution in [-0.2, 0) is 11.3 Å². The number of amides is 1. The number of carbonyl (C=O) groups excluding carboxylic acids is 1. The highest BCUT2D eigenvalue weighted by Gasteiger charge is 2.37. The van der Waals surface area contributed by atoms with Crippen LogP contribution in [0.1, 0.15) is 31.7 Å². The molecule has 1 aliphatic carbocycles. The van der Waals surface area contributed by atoms with Gasteiger partial charge in [-0.1, -0.05) is 30.3 Å². The largest absolute Gasteiger partial charge is 0.445 e. The molecule has 4 nitrogen and oxygen atoms in total. The van der Waals surface area contributed by atoms with E-state index in [2.05, 4.69) is 0 Å². The number of likely N-dealkylation sites (N-methyl/N-ethyl adjacent to an activating group) is 1. The van der Waals surface area contributed by atoms with E-state index in [1.54, 1.807) is 4.90 Å². The van der Waals surface area contributed by atoms with Gasteiger partial charge in [0.05, 0.1) is 12.1 Å². The van der Waals surface area contributed by atoms with Crippen molar-refractivity contribution in [2.75, 3.05) is 13.1 Å². The first kappa shape index (κ1) is 13.9. The van der Waals surface area contributed by atoms with Crippen LogP contribution in [0.3, 0.4) is 0 Å². The molecule has 1 amide bonds. The zero-order valence-electron chi connectivity index (χ0n) is 11.3. The molecule has 1 aromatic carbocycles. The zero-order valence-corrected chi connectivity index (χ0v) is 11.3. The maximum Gasteiger partial charge on any atom is 0.410 e. The summed E-state index contributed by atoms with van der Waals surface area (Å²) < 4.78 is 5.27. The number of nitrogens with zero attached hydrogens (tertiary/aromatic N) is 1. The smallest absolute Gasteiger partial charge is 0.410 e. The lowest BCUT2D eigenvalue weighted by molar-refractivity contribution is -0.0564. The summed E-state index contributed by atoms with van der Waals surface area (Å²) in [6, 6.07) is 9.59. The van der Waals surface area contributed by atoms with Crippen LogP contribution in [0.5, 0.6) is 0 Å². The molecule has 0 atom stereocenters. The van der Waals surface area contributed by atoms with E-state index in [0.717, 1.165) is 24.8 Å². The molecular formula is C15H21NO3. The zero-order chi connectivity index (χ0) is 13.7. The fourth-order valence-corrected chi connectivity index (χ4v) is 2.21. The van der Waals surface area contributed by atoms with Gasteiger partial charge < -0.3 is 14.7 Å². The Kier molecular flexibility index (Phi) is 4.43. The minimum atomic E-state index is -0.693. The minimum absolute atomic E-state index is 0.272. The van der Waals surface area contributed by atoms with Crippen molar-refractivity contribution >= 4 is 6.09 Å². The van der Waals surface area contributed by atoms with Crippen molar-refractivity contribution in [2.45, 2.75) is 38.4 Å². The van der Waals surface area contributed by atoms with Crippen molar-refractivity contribution in [2.24, 2.45) is 0 Å². The molecule has 2 rings (SSSR count). The molecule has 104 valence electrons. The summed E-state index contributed by atoms with van der Waals surface area (Å²) >= 11 is 0. The number of ether oxygens (including phenoxy) is 1. The molecule has 0 aromatic heterocycles. The monoisotopic (exact) mass is 263 g/mol. The van der Waals surface area contributed by atoms with Gasteiger partial charge in [-0.3, -0.25) is 0 Å². The van der Waals surface area contributed by atoms with Crippen molar-refractivity contribution in [1.82, 2.24) is 4.90 Å². The van der Waals surface area contributed by atoms with Crippen molar-refractivity contribution in [1.29, 1.82) is 0 Å². The van der Waals surface area contributed by atoms with E-state index in [1.807, 2.05) is 37.3 Å². The summed E-state index contributed by atoms with van der Waals surface area (Å²) in [5.41, 5.74) is 0.274. The van der Waals surface area contributed by atoms with Gasteiger partial charge in [0.1, 0.15) is 6.61 Å². The third kappa shape index (κ3) is 3.70. The molecule has 0 heterocycles. The number of hydrogen-bond acceptors (Lipinski definition) is 3. The summed E-state index contributed by atoms with van der Waals surface area (Å²) in [5, 5.41) is 10.1. The fraction of sp³-hybridized carbons (Fsp3) is 0.533. The van der Waals surface area contributed by atoms with Crippen LogP contribution in [0.15, 0.2) is 30.3 Å². The van der Waals surface area contributed by atoms with E-state index in [9.17, 15) is 9.90 Å². The molecule has 0 saturated heterocycles. The number of aliphatic hydroxyl groups is 1. The second kappa shape index (κ2) is 6.06. The Morgan fingerprint density at radius 1 is 1.37 bits per heavy atom. The van der Waals surface area contributed by atoms with Gasteiger partial charge in [-0.15, -0.1) is 0 Å². The molecular weight excluding hydrogens is 242 g/mol. The van der Waals surface area contributed by atoms with Crippen LogP contribution in [0.4, 0.5) is 4.79 Å². The third-order valence-corrected chi connectivity index (χ3v) is 3.61. The summed E-state index contributed by atoms with van der Waals surface area (Å²) in [4.78, 5) is 13.5. The lowest BCUT2D eigenvalue weighted by Crippen LogP contribution is -2.49. The van der Waals surface area contributed by atoms with Gasteiger partial charge in [-0.05, 0) is 31.7 Å². The molecule has 4 heteroatoms. The SMILES string of the molecule is CCN(CC1(O)CCC1)C(=O)OCc1ccccc1. The topological polar surface area (TPSA) is 49.8 Å². The highest BCUT2D eigenvalue weighted by atomic mass is 16.6. The number of benzene rings is 1. The molecule has 19 heavy (non-hydrogen) atoms. The number of rotatable bonds is 5. The number of carbonyl (C=O) groups is 1. The lowest BCUT2D eigenvalue weighted by Gasteiger charge is -2.39. The van der Waals surface area contributed by atoms with Gasteiger partial charge in [0.2, 0.25) is 0 Å². The first-order valence-corrected chi connectivity index (χ1v) is 6.81. The first-order chi connectivity index (χ1) is 9.13. The minimum Gasteiger partial charge on any atom is -0.445 e. The summed E-state index contributed by atoms with van der Waals surface area (Å²) in [6.45, 7) is 3.09. The maximum absolute atomic E-state index is 12.0. The molecule has 0 unspecified atom stereocenters. The van der Waals surface area contributed by atoms with Crippen LogP contribution in [-0.4, -0.2) is 34.8 Å². The molecule has 0 bridgehead atoms. The van der Waals surface area contributed by atoms with Gasteiger partial charge in [-0.25, -0.2) is 4.79 Å². The molecule has 0 aliphatic heterocycles. The average Bonchev–Trinajstić information content (AvgIpc) is 2.41. The third-order valence-electron chi connectivity index (χ3n) is 3.61.